The first-order valence-corrected chi connectivity index (χ1v) is 8.30. The lowest BCUT2D eigenvalue weighted by molar-refractivity contribution is 0.0539. The molecule has 1 aromatic heterocycles. The quantitative estimate of drug-likeness (QED) is 0.849. The maximum Gasteiger partial charge on any atom is 0.286 e. The van der Waals surface area contributed by atoms with Crippen LogP contribution in [-0.4, -0.2) is 38.8 Å². The van der Waals surface area contributed by atoms with E-state index >= 15 is 0 Å². The molecule has 0 radical (unpaired) electrons. The molecule has 0 atom stereocenters. The van der Waals surface area contributed by atoms with Crippen LogP contribution in [0.4, 0.5) is 0 Å². The highest BCUT2D eigenvalue weighted by Gasteiger charge is 2.30. The Morgan fingerprint density at radius 3 is 2.68 bits per heavy atom. The number of thiophene rings is 1. The van der Waals surface area contributed by atoms with Crippen LogP contribution in [0, 0.1) is 0 Å². The highest BCUT2D eigenvalue weighted by molar-refractivity contribution is 7.89. The number of hydrogen-bond acceptors (Lipinski definition) is 5. The Balaban J connectivity index is 2.30. The summed E-state index contributed by atoms with van der Waals surface area (Å²) in [6.45, 7) is 1.03. The third-order valence-electron chi connectivity index (χ3n) is 2.96. The largest absolute Gasteiger partial charge is 0.286 e. The van der Waals surface area contributed by atoms with Crippen LogP contribution >= 0.6 is 11.3 Å². The Kier molecular flexibility index (Phi) is 4.56. The highest BCUT2D eigenvalue weighted by Crippen LogP contribution is 2.27. The number of nitrogens with zero attached hydrogens (tertiary/aromatic N) is 1. The molecule has 0 saturated carbocycles. The van der Waals surface area contributed by atoms with Crippen LogP contribution in [0.5, 0.6) is 0 Å². The average molecular weight is 304 g/mol. The fourth-order valence-corrected chi connectivity index (χ4v) is 4.85. The zero-order valence-corrected chi connectivity index (χ0v) is 12.2. The minimum absolute atomic E-state index is 0.0638. The number of sulfonamides is 1. The van der Waals surface area contributed by atoms with Gasteiger partial charge in [0.05, 0.1) is 7.11 Å². The second-order valence-corrected chi connectivity index (χ2v) is 7.04. The van der Waals surface area contributed by atoms with Crippen molar-refractivity contribution in [2.75, 3.05) is 20.2 Å². The van der Waals surface area contributed by atoms with E-state index in [1.165, 1.54) is 17.5 Å². The van der Waals surface area contributed by atoms with Crippen molar-refractivity contribution in [3.8, 4) is 0 Å². The maximum atomic E-state index is 12.5. The van der Waals surface area contributed by atoms with Crippen molar-refractivity contribution in [3.63, 3.8) is 0 Å². The summed E-state index contributed by atoms with van der Waals surface area (Å²) in [5, 5.41) is 1.60. The number of hydrogen-bond donors (Lipinski definition) is 1. The molecule has 0 bridgehead atoms. The highest BCUT2D eigenvalue weighted by atomic mass is 32.2. The van der Waals surface area contributed by atoms with Gasteiger partial charge in [0, 0.05) is 13.1 Å². The van der Waals surface area contributed by atoms with Crippen molar-refractivity contribution < 1.29 is 18.0 Å². The molecule has 1 saturated heterocycles. The van der Waals surface area contributed by atoms with E-state index in [1.807, 2.05) is 0 Å². The van der Waals surface area contributed by atoms with Crippen LogP contribution in [0.2, 0.25) is 0 Å². The topological polar surface area (TPSA) is 75.7 Å². The molecule has 1 aromatic rings. The Morgan fingerprint density at radius 2 is 2.05 bits per heavy atom. The van der Waals surface area contributed by atoms with Gasteiger partial charge in [-0.3, -0.25) is 9.63 Å². The predicted octanol–water partition coefficient (Wildman–Crippen LogP) is 1.21. The van der Waals surface area contributed by atoms with Gasteiger partial charge < -0.3 is 0 Å². The first-order chi connectivity index (χ1) is 9.07. The third-order valence-corrected chi connectivity index (χ3v) is 5.95. The van der Waals surface area contributed by atoms with Crippen molar-refractivity contribution in [2.45, 2.75) is 24.2 Å². The van der Waals surface area contributed by atoms with Gasteiger partial charge in [0.15, 0.2) is 0 Å². The molecule has 1 fully saturated rings. The van der Waals surface area contributed by atoms with Crippen molar-refractivity contribution in [1.82, 2.24) is 9.79 Å². The number of amides is 1. The van der Waals surface area contributed by atoms with Gasteiger partial charge in [-0.25, -0.2) is 13.9 Å². The predicted molar refractivity (Wildman–Crippen MR) is 71.4 cm³/mol. The van der Waals surface area contributed by atoms with Gasteiger partial charge >= 0.3 is 0 Å². The SMILES string of the molecule is CONC(=O)c1sccc1S(=O)(=O)N1CCCCC1. The van der Waals surface area contributed by atoms with Gasteiger partial charge in [-0.1, -0.05) is 6.42 Å². The molecular formula is C11H16N2O4S2. The minimum atomic E-state index is -3.59. The smallest absolute Gasteiger partial charge is 0.277 e. The van der Waals surface area contributed by atoms with Gasteiger partial charge in [0.1, 0.15) is 9.77 Å². The van der Waals surface area contributed by atoms with E-state index in [4.69, 9.17) is 0 Å². The summed E-state index contributed by atoms with van der Waals surface area (Å²) in [7, 11) is -2.28. The fraction of sp³-hybridized carbons (Fsp3) is 0.545. The molecule has 2 heterocycles. The molecule has 1 N–H and O–H groups in total. The molecule has 1 amide bonds. The summed E-state index contributed by atoms with van der Waals surface area (Å²) >= 11 is 1.09. The van der Waals surface area contributed by atoms with Crippen molar-refractivity contribution in [2.24, 2.45) is 0 Å². The van der Waals surface area contributed by atoms with E-state index < -0.39 is 15.9 Å². The maximum absolute atomic E-state index is 12.5. The monoisotopic (exact) mass is 304 g/mol. The average Bonchev–Trinajstić information content (AvgIpc) is 2.90. The van der Waals surface area contributed by atoms with E-state index in [0.717, 1.165) is 30.6 Å². The molecule has 2 rings (SSSR count). The van der Waals surface area contributed by atoms with E-state index in [1.54, 1.807) is 5.38 Å². The second-order valence-electron chi connectivity index (χ2n) is 4.21. The van der Waals surface area contributed by atoms with Crippen LogP contribution in [0.1, 0.15) is 28.9 Å². The molecule has 1 aliphatic rings. The van der Waals surface area contributed by atoms with Crippen molar-refractivity contribution >= 4 is 27.3 Å². The zero-order valence-electron chi connectivity index (χ0n) is 10.6. The summed E-state index contributed by atoms with van der Waals surface area (Å²) in [4.78, 5) is 16.5. The first kappa shape index (κ1) is 14.4. The van der Waals surface area contributed by atoms with E-state index in [9.17, 15) is 13.2 Å². The lowest BCUT2D eigenvalue weighted by Crippen LogP contribution is -2.36. The lowest BCUT2D eigenvalue weighted by Gasteiger charge is -2.25. The Bertz CT molecular complexity index is 547. The summed E-state index contributed by atoms with van der Waals surface area (Å²) in [6.07, 6.45) is 2.78. The van der Waals surface area contributed by atoms with Crippen molar-refractivity contribution in [3.05, 3.63) is 16.3 Å². The van der Waals surface area contributed by atoms with Gasteiger partial charge in [-0.2, -0.15) is 4.31 Å². The fourth-order valence-electron chi connectivity index (χ4n) is 2.05. The number of carbonyl (C=O) groups excluding carboxylic acids is 1. The summed E-state index contributed by atoms with van der Waals surface area (Å²) in [5.74, 6) is -0.534. The normalized spacial score (nSPS) is 17.3. The molecule has 19 heavy (non-hydrogen) atoms. The number of hydroxylamine groups is 1. The molecule has 0 spiro atoms. The Hall–Kier alpha value is -0.960. The standard InChI is InChI=1S/C11H16N2O4S2/c1-17-12-11(14)10-9(5-8-18-10)19(15,16)13-6-3-2-4-7-13/h5,8H,2-4,6-7H2,1H3,(H,12,14). The second kappa shape index (κ2) is 6.00. The molecule has 1 aliphatic heterocycles. The van der Waals surface area contributed by atoms with E-state index in [2.05, 4.69) is 10.3 Å². The molecular weight excluding hydrogens is 288 g/mol. The van der Waals surface area contributed by atoms with E-state index in [-0.39, 0.29) is 9.77 Å². The molecule has 0 aromatic carbocycles. The van der Waals surface area contributed by atoms with Crippen LogP contribution in [0.3, 0.4) is 0 Å². The molecule has 0 unspecified atom stereocenters. The number of nitrogens with one attached hydrogen (secondary N) is 1. The van der Waals surface area contributed by atoms with Crippen LogP contribution in [-0.2, 0) is 14.9 Å². The minimum Gasteiger partial charge on any atom is -0.277 e. The molecule has 6 nitrogen and oxygen atoms in total. The Morgan fingerprint density at radius 1 is 1.37 bits per heavy atom. The third kappa shape index (κ3) is 2.97. The first-order valence-electron chi connectivity index (χ1n) is 5.98. The van der Waals surface area contributed by atoms with Gasteiger partial charge in [-0.15, -0.1) is 11.3 Å². The van der Waals surface area contributed by atoms with Gasteiger partial charge in [0.25, 0.3) is 5.91 Å². The zero-order chi connectivity index (χ0) is 13.9. The molecule has 8 heteroatoms. The number of piperidine rings is 1. The summed E-state index contributed by atoms with van der Waals surface area (Å²) in [6, 6.07) is 1.47. The number of rotatable bonds is 4. The number of carbonyl (C=O) groups is 1. The van der Waals surface area contributed by atoms with E-state index in [0.29, 0.717) is 13.1 Å². The van der Waals surface area contributed by atoms with Crippen LogP contribution in [0.25, 0.3) is 0 Å². The van der Waals surface area contributed by atoms with Gasteiger partial charge in [0.2, 0.25) is 10.0 Å². The van der Waals surface area contributed by atoms with Crippen molar-refractivity contribution in [1.29, 1.82) is 0 Å². The van der Waals surface area contributed by atoms with Crippen LogP contribution in [0.15, 0.2) is 16.3 Å². The molecule has 0 aliphatic carbocycles. The summed E-state index contributed by atoms with van der Waals surface area (Å²) < 4.78 is 26.4. The summed E-state index contributed by atoms with van der Waals surface area (Å²) in [5.41, 5.74) is 2.15. The lowest BCUT2D eigenvalue weighted by atomic mass is 10.2. The Labute approximate surface area is 116 Å². The van der Waals surface area contributed by atoms with Gasteiger partial charge in [-0.05, 0) is 24.3 Å². The van der Waals surface area contributed by atoms with Crippen LogP contribution < -0.4 is 5.48 Å². The molecule has 106 valence electrons.